The van der Waals surface area contributed by atoms with Gasteiger partial charge < -0.3 is 27.1 Å². The van der Waals surface area contributed by atoms with Crippen molar-refractivity contribution >= 4 is 47.4 Å². The van der Waals surface area contributed by atoms with Crippen molar-refractivity contribution in [2.24, 2.45) is 11.1 Å². The Balaban J connectivity index is 1.62. The molecule has 11 heteroatoms. The van der Waals surface area contributed by atoms with Gasteiger partial charge >= 0.3 is 0 Å². The zero-order chi connectivity index (χ0) is 25.0. The molecule has 1 fully saturated rings. The average molecular weight is 530 g/mol. The second kappa shape index (κ2) is 8.75. The molecule has 0 bridgehead atoms. The maximum absolute atomic E-state index is 12.9. The monoisotopic (exact) mass is 529 g/mol. The van der Waals surface area contributed by atoms with E-state index in [0.717, 1.165) is 43.2 Å². The summed E-state index contributed by atoms with van der Waals surface area (Å²) in [6.45, 7) is 5.31. The van der Waals surface area contributed by atoms with E-state index in [2.05, 4.69) is 21.4 Å². The number of hydrogen-bond donors (Lipinski definition) is 4. The number of pyridine rings is 1. The molecule has 7 N–H and O–H groups in total. The molecule has 1 spiro atoms. The molecule has 2 aromatic heterocycles. The van der Waals surface area contributed by atoms with Gasteiger partial charge in [-0.25, -0.2) is 15.0 Å². The molecule has 1 aliphatic carbocycles. The first-order valence-corrected chi connectivity index (χ1v) is 15.2. The molecule has 0 unspecified atom stereocenters. The number of aromatic nitrogens is 3. The molecule has 1 aromatic carbocycles. The zero-order valence-corrected chi connectivity index (χ0v) is 22.2. The van der Waals surface area contributed by atoms with Crippen LogP contribution in [0.25, 0.3) is 0 Å². The maximum Gasteiger partial charge on any atom is 0.156 e. The molecule has 35 heavy (non-hydrogen) atoms. The minimum absolute atomic E-state index is 0.233. The lowest BCUT2D eigenvalue weighted by Crippen LogP contribution is -2.55. The first-order chi connectivity index (χ1) is 16.5. The Hall–Kier alpha value is -2.16. The number of piperidine rings is 1. The highest BCUT2D eigenvalue weighted by Gasteiger charge is 2.57. The molecule has 3 heterocycles. The van der Waals surface area contributed by atoms with E-state index in [-0.39, 0.29) is 17.1 Å². The Labute approximate surface area is 214 Å². The van der Waals surface area contributed by atoms with Crippen molar-refractivity contribution in [3.63, 3.8) is 0 Å². The second-order valence-electron chi connectivity index (χ2n) is 9.76. The summed E-state index contributed by atoms with van der Waals surface area (Å²) in [5.74, 6) is 0.519. The SMILES string of the molecule is CP(C)(=O)c1ccc2c(c1)[C@@](N)(c1cnc(Sc3ccnc(N)c3Cl)c(N)n1)C1(CCNCC1)C2. The lowest BCUT2D eigenvalue weighted by Gasteiger charge is -2.46. The van der Waals surface area contributed by atoms with E-state index in [1.165, 1.54) is 17.3 Å². The maximum atomic E-state index is 12.9. The molecule has 184 valence electrons. The van der Waals surface area contributed by atoms with E-state index < -0.39 is 12.7 Å². The van der Waals surface area contributed by atoms with E-state index in [9.17, 15) is 4.57 Å². The minimum Gasteiger partial charge on any atom is -0.382 e. The molecule has 8 nitrogen and oxygen atoms in total. The summed E-state index contributed by atoms with van der Waals surface area (Å²) in [5.41, 5.74) is 21.3. The molecule has 0 amide bonds. The molecule has 1 aliphatic heterocycles. The fraction of sp³-hybridized carbons (Fsp3) is 0.375. The van der Waals surface area contributed by atoms with Gasteiger partial charge in [0.15, 0.2) is 5.82 Å². The lowest BCUT2D eigenvalue weighted by molar-refractivity contribution is 0.117. The van der Waals surface area contributed by atoms with Gasteiger partial charge in [0.05, 0.1) is 22.5 Å². The van der Waals surface area contributed by atoms with Crippen LogP contribution in [0.2, 0.25) is 5.02 Å². The second-order valence-corrected chi connectivity index (χ2v) is 14.4. The van der Waals surface area contributed by atoms with Crippen LogP contribution in [0.15, 0.2) is 46.6 Å². The third-order valence-corrected chi connectivity index (χ3v) is 10.4. The van der Waals surface area contributed by atoms with Crippen LogP contribution in [0.5, 0.6) is 0 Å². The van der Waals surface area contributed by atoms with Gasteiger partial charge in [-0.1, -0.05) is 35.5 Å². The van der Waals surface area contributed by atoms with E-state index in [1.807, 2.05) is 12.1 Å². The number of halogens is 1. The Kier molecular flexibility index (Phi) is 6.13. The van der Waals surface area contributed by atoms with Gasteiger partial charge in [0.25, 0.3) is 0 Å². The highest BCUT2D eigenvalue weighted by atomic mass is 35.5. The van der Waals surface area contributed by atoms with Crippen LogP contribution >= 0.6 is 30.5 Å². The number of nitrogens with two attached hydrogens (primary N) is 3. The van der Waals surface area contributed by atoms with Gasteiger partial charge in [-0.05, 0) is 68.9 Å². The first-order valence-electron chi connectivity index (χ1n) is 11.4. The third kappa shape index (κ3) is 4.03. The number of nitrogens with zero attached hydrogens (tertiary/aromatic N) is 3. The predicted octanol–water partition coefficient (Wildman–Crippen LogP) is 3.22. The zero-order valence-electron chi connectivity index (χ0n) is 19.7. The summed E-state index contributed by atoms with van der Waals surface area (Å²) < 4.78 is 12.9. The number of hydrogen-bond acceptors (Lipinski definition) is 9. The van der Waals surface area contributed by atoms with E-state index in [0.29, 0.717) is 20.6 Å². The van der Waals surface area contributed by atoms with E-state index in [4.69, 9.17) is 33.8 Å². The van der Waals surface area contributed by atoms with Gasteiger partial charge in [0, 0.05) is 21.8 Å². The number of rotatable bonds is 4. The van der Waals surface area contributed by atoms with Gasteiger partial charge in [-0.3, -0.25) is 0 Å². The van der Waals surface area contributed by atoms with Crippen LogP contribution in [0, 0.1) is 5.41 Å². The molecular weight excluding hydrogens is 501 g/mol. The highest BCUT2D eigenvalue weighted by molar-refractivity contribution is 7.99. The number of anilines is 2. The van der Waals surface area contributed by atoms with Gasteiger partial charge in [-0.15, -0.1) is 0 Å². The van der Waals surface area contributed by atoms with Crippen molar-refractivity contribution in [2.45, 2.75) is 34.7 Å². The van der Waals surface area contributed by atoms with Crippen molar-refractivity contribution in [1.29, 1.82) is 0 Å². The first kappa shape index (κ1) is 24.5. The smallest absolute Gasteiger partial charge is 0.156 e. The Bertz CT molecular complexity index is 1360. The van der Waals surface area contributed by atoms with Crippen molar-refractivity contribution in [2.75, 3.05) is 37.9 Å². The molecule has 3 aromatic rings. The molecular formula is C24H29ClN7OPS. The van der Waals surface area contributed by atoms with Crippen LogP contribution in [-0.2, 0) is 16.5 Å². The van der Waals surface area contributed by atoms with Crippen LogP contribution in [-0.4, -0.2) is 41.4 Å². The van der Waals surface area contributed by atoms with E-state index in [1.54, 1.807) is 31.8 Å². The van der Waals surface area contributed by atoms with Gasteiger partial charge in [0.1, 0.15) is 18.0 Å². The van der Waals surface area contributed by atoms with Gasteiger partial charge in [-0.2, -0.15) is 0 Å². The molecule has 1 saturated heterocycles. The summed E-state index contributed by atoms with van der Waals surface area (Å²) >= 11 is 7.60. The third-order valence-electron chi connectivity index (χ3n) is 7.32. The summed E-state index contributed by atoms with van der Waals surface area (Å²) in [7, 11) is -2.47. The Morgan fingerprint density at radius 3 is 2.54 bits per heavy atom. The average Bonchev–Trinajstić information content (AvgIpc) is 3.05. The fourth-order valence-electron chi connectivity index (χ4n) is 5.38. The quantitative estimate of drug-likeness (QED) is 0.374. The summed E-state index contributed by atoms with van der Waals surface area (Å²) in [6.07, 6.45) is 5.94. The fourth-order valence-corrected chi connectivity index (χ4v) is 7.27. The van der Waals surface area contributed by atoms with Crippen LogP contribution in [0.4, 0.5) is 11.6 Å². The van der Waals surface area contributed by atoms with Crippen molar-refractivity contribution < 1.29 is 4.57 Å². The largest absolute Gasteiger partial charge is 0.382 e. The standard InChI is InChI=1S/C24H29ClN7OPS/c1-34(2,33)15-4-3-14-12-23(6-9-29-10-7-23)24(28,16(14)11-15)18-13-31-22(21(27)32-18)35-17-5-8-30-20(26)19(17)25/h3-5,8,11,13,29H,6-7,9-10,12,28H2,1-2H3,(H2,26,30)(H2,27,32)/t24-/m1/s1. The van der Waals surface area contributed by atoms with Gasteiger partial charge in [0.2, 0.25) is 0 Å². The number of nitrogen functional groups attached to an aromatic ring is 2. The minimum atomic E-state index is -2.47. The molecule has 5 rings (SSSR count). The van der Waals surface area contributed by atoms with Crippen LogP contribution < -0.4 is 27.8 Å². The van der Waals surface area contributed by atoms with E-state index >= 15 is 0 Å². The van der Waals surface area contributed by atoms with Crippen molar-refractivity contribution in [1.82, 2.24) is 20.3 Å². The Morgan fingerprint density at radius 1 is 1.11 bits per heavy atom. The number of fused-ring (bicyclic) bond motifs is 1. The molecule has 0 radical (unpaired) electrons. The van der Waals surface area contributed by atoms with Crippen molar-refractivity contribution in [3.8, 4) is 0 Å². The summed E-state index contributed by atoms with van der Waals surface area (Å²) in [4.78, 5) is 14.2. The molecule has 2 aliphatic rings. The normalized spacial score (nSPS) is 21.3. The van der Waals surface area contributed by atoms with Crippen LogP contribution in [0.1, 0.15) is 29.7 Å². The Morgan fingerprint density at radius 2 is 1.86 bits per heavy atom. The highest BCUT2D eigenvalue weighted by Crippen LogP contribution is 2.57. The number of benzene rings is 1. The number of nitrogens with one attached hydrogen (secondary N) is 1. The molecule has 0 saturated carbocycles. The molecule has 1 atom stereocenters. The van der Waals surface area contributed by atoms with Crippen LogP contribution in [0.3, 0.4) is 0 Å². The lowest BCUT2D eigenvalue weighted by atomic mass is 9.63. The summed E-state index contributed by atoms with van der Waals surface area (Å²) in [6, 6.07) is 7.84. The van der Waals surface area contributed by atoms with Crippen molar-refractivity contribution in [3.05, 3.63) is 58.5 Å². The predicted molar refractivity (Wildman–Crippen MR) is 143 cm³/mol. The topological polar surface area (TPSA) is 146 Å². The summed E-state index contributed by atoms with van der Waals surface area (Å²) in [5, 5.41) is 5.14.